The lowest BCUT2D eigenvalue weighted by atomic mass is 9.92. The Bertz CT molecular complexity index is 712. The number of aliphatic carboxylic acids is 1. The fourth-order valence-electron chi connectivity index (χ4n) is 2.53. The number of halogens is 1. The summed E-state index contributed by atoms with van der Waals surface area (Å²) in [5, 5.41) is 11.1. The molecule has 0 spiro atoms. The number of thiophene rings is 1. The number of para-hydroxylation sites is 1. The Morgan fingerprint density at radius 2 is 2.10 bits per heavy atom. The van der Waals surface area contributed by atoms with Crippen LogP contribution < -0.4 is 4.90 Å². The Morgan fingerprint density at radius 3 is 2.76 bits per heavy atom. The molecule has 4 nitrogen and oxygen atoms in total. The molecule has 0 saturated carbocycles. The smallest absolute Gasteiger partial charge is 0.308 e. The van der Waals surface area contributed by atoms with Crippen molar-refractivity contribution in [3.05, 3.63) is 49.7 Å². The zero-order chi connectivity index (χ0) is 15.0. The average Bonchev–Trinajstić information content (AvgIpc) is 2.92. The van der Waals surface area contributed by atoms with Gasteiger partial charge in [-0.2, -0.15) is 0 Å². The highest BCUT2D eigenvalue weighted by atomic mass is 127. The molecule has 3 rings (SSSR count). The van der Waals surface area contributed by atoms with Crippen molar-refractivity contribution in [3.63, 3.8) is 0 Å². The van der Waals surface area contributed by atoms with E-state index in [1.54, 1.807) is 4.90 Å². The molecule has 1 amide bonds. The van der Waals surface area contributed by atoms with E-state index in [4.69, 9.17) is 0 Å². The van der Waals surface area contributed by atoms with Crippen LogP contribution in [0.1, 0.15) is 15.9 Å². The lowest BCUT2D eigenvalue weighted by Gasteiger charge is -2.32. The largest absolute Gasteiger partial charge is 0.481 e. The second-order valence-corrected chi connectivity index (χ2v) is 7.73. The van der Waals surface area contributed by atoms with Gasteiger partial charge in [0.15, 0.2) is 0 Å². The number of hydrogen-bond donors (Lipinski definition) is 1. The number of carbonyl (C=O) groups is 2. The van der Waals surface area contributed by atoms with Gasteiger partial charge in [0.1, 0.15) is 0 Å². The number of carboxylic acids is 1. The van der Waals surface area contributed by atoms with Crippen LogP contribution in [0, 0.1) is 8.80 Å². The van der Waals surface area contributed by atoms with Crippen molar-refractivity contribution >= 4 is 51.5 Å². The van der Waals surface area contributed by atoms with Crippen molar-refractivity contribution in [1.29, 1.82) is 0 Å². The molecule has 2 heterocycles. The van der Waals surface area contributed by atoms with Crippen LogP contribution in [0.15, 0.2) is 35.7 Å². The van der Waals surface area contributed by atoms with Gasteiger partial charge in [0.2, 0.25) is 0 Å². The monoisotopic (exact) mass is 413 g/mol. The number of carbonyl (C=O) groups excluding carboxylic acids is 1. The highest BCUT2D eigenvalue weighted by molar-refractivity contribution is 14.1. The van der Waals surface area contributed by atoms with Crippen LogP contribution in [0.5, 0.6) is 0 Å². The molecule has 1 aromatic heterocycles. The van der Waals surface area contributed by atoms with Gasteiger partial charge in [-0.15, -0.1) is 11.3 Å². The van der Waals surface area contributed by atoms with Gasteiger partial charge in [0.05, 0.1) is 14.4 Å². The molecular weight excluding hydrogens is 401 g/mol. The Hall–Kier alpha value is -1.41. The van der Waals surface area contributed by atoms with Crippen LogP contribution in [0.25, 0.3) is 0 Å². The Balaban J connectivity index is 2.00. The normalized spacial score (nSPS) is 17.4. The van der Waals surface area contributed by atoms with Gasteiger partial charge in [-0.05, 0) is 46.7 Å². The second kappa shape index (κ2) is 5.76. The van der Waals surface area contributed by atoms with Gasteiger partial charge in [-0.1, -0.05) is 18.2 Å². The number of benzene rings is 1. The fraction of sp³-hybridized carbons (Fsp3) is 0.200. The number of anilines is 1. The van der Waals surface area contributed by atoms with Crippen molar-refractivity contribution in [2.45, 2.75) is 6.42 Å². The fourth-order valence-corrected chi connectivity index (χ4v) is 3.85. The lowest BCUT2D eigenvalue weighted by molar-refractivity contribution is -0.141. The summed E-state index contributed by atoms with van der Waals surface area (Å²) >= 11 is 3.68. The minimum atomic E-state index is -0.859. The molecule has 0 aliphatic carbocycles. The van der Waals surface area contributed by atoms with Gasteiger partial charge in [0, 0.05) is 17.6 Å². The number of carboxylic acid groups (broad SMARTS) is 1. The third-order valence-electron chi connectivity index (χ3n) is 3.56. The number of nitrogens with zero attached hydrogens (tertiary/aromatic N) is 1. The maximum Gasteiger partial charge on any atom is 0.308 e. The van der Waals surface area contributed by atoms with E-state index in [0.29, 0.717) is 12.0 Å². The predicted molar refractivity (Wildman–Crippen MR) is 90.0 cm³/mol. The van der Waals surface area contributed by atoms with Crippen LogP contribution in [0.2, 0.25) is 0 Å². The van der Waals surface area contributed by atoms with E-state index in [1.807, 2.05) is 35.7 Å². The summed E-state index contributed by atoms with van der Waals surface area (Å²) in [6.45, 7) is 0.220. The molecule has 0 radical (unpaired) electrons. The van der Waals surface area contributed by atoms with Crippen LogP contribution in [-0.4, -0.2) is 23.5 Å². The molecule has 6 heteroatoms. The molecule has 1 N–H and O–H groups in total. The zero-order valence-electron chi connectivity index (χ0n) is 11.0. The molecule has 1 aliphatic heterocycles. The summed E-state index contributed by atoms with van der Waals surface area (Å²) in [6.07, 6.45) is 0.469. The van der Waals surface area contributed by atoms with Crippen LogP contribution in [0.3, 0.4) is 0 Å². The summed E-state index contributed by atoms with van der Waals surface area (Å²) < 4.78 is 1.04. The number of fused-ring (bicyclic) bond motifs is 1. The molecule has 108 valence electrons. The van der Waals surface area contributed by atoms with E-state index >= 15 is 0 Å². The van der Waals surface area contributed by atoms with Crippen molar-refractivity contribution in [2.24, 2.45) is 5.92 Å². The maximum atomic E-state index is 12.7. The topological polar surface area (TPSA) is 57.6 Å². The van der Waals surface area contributed by atoms with Gasteiger partial charge in [-0.25, -0.2) is 0 Å². The van der Waals surface area contributed by atoms with E-state index in [2.05, 4.69) is 22.6 Å². The van der Waals surface area contributed by atoms with Crippen LogP contribution >= 0.6 is 33.9 Å². The maximum absolute atomic E-state index is 12.7. The summed E-state index contributed by atoms with van der Waals surface area (Å²) in [7, 11) is 0. The Kier molecular flexibility index (Phi) is 3.99. The van der Waals surface area contributed by atoms with Crippen molar-refractivity contribution in [2.75, 3.05) is 11.4 Å². The number of hydrogen-bond acceptors (Lipinski definition) is 3. The van der Waals surface area contributed by atoms with E-state index in [0.717, 1.165) is 14.1 Å². The van der Waals surface area contributed by atoms with Crippen molar-refractivity contribution < 1.29 is 14.7 Å². The summed E-state index contributed by atoms with van der Waals surface area (Å²) in [5.41, 5.74) is 2.35. The van der Waals surface area contributed by atoms with E-state index in [-0.39, 0.29) is 12.5 Å². The first kappa shape index (κ1) is 14.5. The molecule has 0 fully saturated rings. The first-order valence-corrected chi connectivity index (χ1v) is 8.38. The second-order valence-electron chi connectivity index (χ2n) is 4.92. The van der Waals surface area contributed by atoms with E-state index < -0.39 is 11.9 Å². The van der Waals surface area contributed by atoms with Crippen LogP contribution in [0.4, 0.5) is 5.69 Å². The Morgan fingerprint density at radius 1 is 1.33 bits per heavy atom. The molecule has 1 atom stereocenters. The third kappa shape index (κ3) is 2.82. The highest BCUT2D eigenvalue weighted by Gasteiger charge is 2.32. The minimum absolute atomic E-state index is 0.132. The minimum Gasteiger partial charge on any atom is -0.481 e. The van der Waals surface area contributed by atoms with Crippen LogP contribution in [-0.2, 0) is 11.2 Å². The summed E-state index contributed by atoms with van der Waals surface area (Å²) in [4.78, 5) is 25.6. The first-order valence-electron chi connectivity index (χ1n) is 6.43. The predicted octanol–water partition coefficient (Wildman–Crippen LogP) is 3.26. The number of amides is 1. The quantitative estimate of drug-likeness (QED) is 0.770. The van der Waals surface area contributed by atoms with Crippen molar-refractivity contribution in [1.82, 2.24) is 0 Å². The first-order chi connectivity index (χ1) is 10.1. The molecule has 0 bridgehead atoms. The zero-order valence-corrected chi connectivity index (χ0v) is 13.9. The lowest BCUT2D eigenvalue weighted by Crippen LogP contribution is -2.42. The summed E-state index contributed by atoms with van der Waals surface area (Å²) in [5.74, 6) is -1.55. The van der Waals surface area contributed by atoms with E-state index in [9.17, 15) is 14.7 Å². The summed E-state index contributed by atoms with van der Waals surface area (Å²) in [6, 6.07) is 9.35. The average molecular weight is 413 g/mol. The molecule has 1 aromatic carbocycles. The standard InChI is InChI=1S/C15H12INO3S/c16-13-6-11(8-21-13)14(18)17-7-10(15(19)20)5-9-3-1-2-4-12(9)17/h1-4,6,8,10H,5,7H2,(H,19,20). The van der Waals surface area contributed by atoms with Gasteiger partial charge < -0.3 is 10.0 Å². The third-order valence-corrected chi connectivity index (χ3v) is 5.35. The molecule has 0 saturated heterocycles. The highest BCUT2D eigenvalue weighted by Crippen LogP contribution is 2.31. The SMILES string of the molecule is O=C(O)C1Cc2ccccc2N(C(=O)c2csc(I)c2)C1. The molecule has 1 unspecified atom stereocenters. The molecular formula is C15H12INO3S. The van der Waals surface area contributed by atoms with E-state index in [1.165, 1.54) is 11.3 Å². The number of rotatable bonds is 2. The van der Waals surface area contributed by atoms with Gasteiger partial charge >= 0.3 is 5.97 Å². The molecule has 21 heavy (non-hydrogen) atoms. The Labute approximate surface area is 139 Å². The molecule has 2 aromatic rings. The van der Waals surface area contributed by atoms with Gasteiger partial charge in [0.25, 0.3) is 5.91 Å². The van der Waals surface area contributed by atoms with Gasteiger partial charge in [-0.3, -0.25) is 9.59 Å². The molecule has 1 aliphatic rings. The van der Waals surface area contributed by atoms with Crippen molar-refractivity contribution in [3.8, 4) is 0 Å².